The van der Waals surface area contributed by atoms with Crippen LogP contribution < -0.4 is 10.6 Å². The average Bonchev–Trinajstić information content (AvgIpc) is 2.86. The number of amides is 1. The number of hydrogen-bond acceptors (Lipinski definition) is 2. The summed E-state index contributed by atoms with van der Waals surface area (Å²) in [6.07, 6.45) is 8.84. The zero-order chi connectivity index (χ0) is 13.0. The molecule has 1 amide bonds. The van der Waals surface area contributed by atoms with Gasteiger partial charge in [-0.1, -0.05) is 39.5 Å². The van der Waals surface area contributed by atoms with Crippen molar-refractivity contribution in [2.24, 2.45) is 11.8 Å². The molecular formula is C15H28N2O. The molecule has 0 spiro atoms. The van der Waals surface area contributed by atoms with Gasteiger partial charge in [0.05, 0.1) is 6.54 Å². The number of rotatable bonds is 4. The smallest absolute Gasteiger partial charge is 0.234 e. The summed E-state index contributed by atoms with van der Waals surface area (Å²) in [6, 6.07) is 0.977. The monoisotopic (exact) mass is 252 g/mol. The minimum atomic E-state index is 0.188. The van der Waals surface area contributed by atoms with E-state index in [1.807, 2.05) is 0 Å². The Morgan fingerprint density at radius 1 is 1.06 bits per heavy atom. The first-order chi connectivity index (χ1) is 8.66. The van der Waals surface area contributed by atoms with Crippen LogP contribution >= 0.6 is 0 Å². The fourth-order valence-electron chi connectivity index (χ4n) is 3.41. The third-order valence-electron chi connectivity index (χ3n) is 4.96. The second-order valence-corrected chi connectivity index (χ2v) is 6.30. The molecular weight excluding hydrogens is 224 g/mol. The Morgan fingerprint density at radius 3 is 2.50 bits per heavy atom. The predicted molar refractivity (Wildman–Crippen MR) is 74.4 cm³/mol. The molecule has 3 nitrogen and oxygen atoms in total. The summed E-state index contributed by atoms with van der Waals surface area (Å²) in [7, 11) is 0. The van der Waals surface area contributed by atoms with Gasteiger partial charge in [-0.2, -0.15) is 0 Å². The van der Waals surface area contributed by atoms with Gasteiger partial charge in [0.2, 0.25) is 5.91 Å². The van der Waals surface area contributed by atoms with Crippen molar-refractivity contribution in [2.45, 2.75) is 70.9 Å². The van der Waals surface area contributed by atoms with Crippen LogP contribution in [-0.4, -0.2) is 24.5 Å². The van der Waals surface area contributed by atoms with Crippen LogP contribution in [0.4, 0.5) is 0 Å². The molecule has 0 radical (unpaired) electrons. The predicted octanol–water partition coefficient (Wildman–Crippen LogP) is 2.46. The van der Waals surface area contributed by atoms with Crippen LogP contribution in [0.1, 0.15) is 58.8 Å². The van der Waals surface area contributed by atoms with Crippen molar-refractivity contribution in [3.63, 3.8) is 0 Å². The number of nitrogens with one attached hydrogen (secondary N) is 2. The van der Waals surface area contributed by atoms with Crippen LogP contribution in [0.2, 0.25) is 0 Å². The highest BCUT2D eigenvalue weighted by atomic mass is 16.2. The molecule has 0 saturated heterocycles. The molecule has 3 unspecified atom stereocenters. The number of carbonyl (C=O) groups is 1. The van der Waals surface area contributed by atoms with Crippen LogP contribution in [0.15, 0.2) is 0 Å². The molecule has 2 fully saturated rings. The maximum atomic E-state index is 11.9. The standard InChI is InChI=1S/C15H28N2O/c1-11-6-5-9-14(12(11)2)17-15(18)10-16-13-7-3-4-8-13/h11-14,16H,3-10H2,1-2H3,(H,17,18). The molecule has 2 saturated carbocycles. The largest absolute Gasteiger partial charge is 0.352 e. The van der Waals surface area contributed by atoms with Gasteiger partial charge in [-0.15, -0.1) is 0 Å². The molecule has 0 heterocycles. The summed E-state index contributed by atoms with van der Waals surface area (Å²) in [4.78, 5) is 11.9. The third kappa shape index (κ3) is 3.71. The summed E-state index contributed by atoms with van der Waals surface area (Å²) < 4.78 is 0. The van der Waals surface area contributed by atoms with Crippen molar-refractivity contribution in [1.29, 1.82) is 0 Å². The quantitative estimate of drug-likeness (QED) is 0.807. The highest BCUT2D eigenvalue weighted by molar-refractivity contribution is 5.78. The van der Waals surface area contributed by atoms with E-state index in [9.17, 15) is 4.79 Å². The van der Waals surface area contributed by atoms with Gasteiger partial charge in [-0.25, -0.2) is 0 Å². The van der Waals surface area contributed by atoms with Gasteiger partial charge >= 0.3 is 0 Å². The van der Waals surface area contributed by atoms with Crippen molar-refractivity contribution < 1.29 is 4.79 Å². The third-order valence-corrected chi connectivity index (χ3v) is 4.96. The molecule has 0 bridgehead atoms. The molecule has 104 valence electrons. The molecule has 0 aromatic carbocycles. The number of carbonyl (C=O) groups excluding carboxylic acids is 1. The van der Waals surface area contributed by atoms with Gasteiger partial charge in [0.25, 0.3) is 0 Å². The molecule has 2 rings (SSSR count). The summed E-state index contributed by atoms with van der Waals surface area (Å²) in [6.45, 7) is 5.08. The van der Waals surface area contributed by atoms with Gasteiger partial charge in [0.15, 0.2) is 0 Å². The van der Waals surface area contributed by atoms with Gasteiger partial charge in [0.1, 0.15) is 0 Å². The lowest BCUT2D eigenvalue weighted by Gasteiger charge is -2.34. The van der Waals surface area contributed by atoms with E-state index in [0.29, 0.717) is 24.5 Å². The Morgan fingerprint density at radius 2 is 1.78 bits per heavy atom. The zero-order valence-electron chi connectivity index (χ0n) is 11.9. The molecule has 18 heavy (non-hydrogen) atoms. The van der Waals surface area contributed by atoms with Crippen molar-refractivity contribution in [3.8, 4) is 0 Å². The van der Waals surface area contributed by atoms with E-state index in [2.05, 4.69) is 24.5 Å². The van der Waals surface area contributed by atoms with Crippen molar-refractivity contribution in [1.82, 2.24) is 10.6 Å². The number of hydrogen-bond donors (Lipinski definition) is 2. The Bertz CT molecular complexity index is 274. The minimum Gasteiger partial charge on any atom is -0.352 e. The lowest BCUT2D eigenvalue weighted by molar-refractivity contribution is -0.121. The molecule has 3 atom stereocenters. The van der Waals surface area contributed by atoms with E-state index in [4.69, 9.17) is 0 Å². The van der Waals surface area contributed by atoms with Crippen LogP contribution in [0.3, 0.4) is 0 Å². The van der Waals surface area contributed by atoms with Crippen molar-refractivity contribution in [2.75, 3.05) is 6.54 Å². The van der Waals surface area contributed by atoms with Crippen LogP contribution in [0, 0.1) is 11.8 Å². The lowest BCUT2D eigenvalue weighted by Crippen LogP contribution is -2.47. The topological polar surface area (TPSA) is 41.1 Å². The SMILES string of the molecule is CC1CCCC(NC(=O)CNC2CCCC2)C1C. The normalized spacial score (nSPS) is 33.6. The zero-order valence-corrected chi connectivity index (χ0v) is 11.9. The van der Waals surface area contributed by atoms with E-state index in [1.165, 1.54) is 38.5 Å². The average molecular weight is 252 g/mol. The van der Waals surface area contributed by atoms with E-state index in [0.717, 1.165) is 12.3 Å². The molecule has 2 N–H and O–H groups in total. The van der Waals surface area contributed by atoms with E-state index in [1.54, 1.807) is 0 Å². The van der Waals surface area contributed by atoms with Gasteiger partial charge in [-0.3, -0.25) is 4.79 Å². The highest BCUT2D eigenvalue weighted by Crippen LogP contribution is 2.29. The summed E-state index contributed by atoms with van der Waals surface area (Å²) in [5.41, 5.74) is 0. The first-order valence-corrected chi connectivity index (χ1v) is 7.69. The summed E-state index contributed by atoms with van der Waals surface area (Å²) >= 11 is 0. The van der Waals surface area contributed by atoms with E-state index < -0.39 is 0 Å². The maximum absolute atomic E-state index is 11.9. The lowest BCUT2D eigenvalue weighted by atomic mass is 9.78. The van der Waals surface area contributed by atoms with Crippen molar-refractivity contribution >= 4 is 5.91 Å². The van der Waals surface area contributed by atoms with Gasteiger partial charge in [-0.05, 0) is 31.1 Å². The minimum absolute atomic E-state index is 0.188. The van der Waals surface area contributed by atoms with Gasteiger partial charge in [0, 0.05) is 12.1 Å². The molecule has 3 heteroatoms. The molecule has 0 aliphatic heterocycles. The second-order valence-electron chi connectivity index (χ2n) is 6.30. The van der Waals surface area contributed by atoms with Crippen molar-refractivity contribution in [3.05, 3.63) is 0 Å². The van der Waals surface area contributed by atoms with Gasteiger partial charge < -0.3 is 10.6 Å². The van der Waals surface area contributed by atoms with E-state index >= 15 is 0 Å². The molecule has 0 aromatic rings. The second kappa shape index (κ2) is 6.55. The van der Waals surface area contributed by atoms with E-state index in [-0.39, 0.29) is 5.91 Å². The Balaban J connectivity index is 1.69. The maximum Gasteiger partial charge on any atom is 0.234 e. The first kappa shape index (κ1) is 13.9. The fourth-order valence-corrected chi connectivity index (χ4v) is 3.41. The fraction of sp³-hybridized carbons (Fsp3) is 0.933. The molecule has 2 aliphatic carbocycles. The van der Waals surface area contributed by atoms with Crippen LogP contribution in [-0.2, 0) is 4.79 Å². The summed E-state index contributed by atoms with van der Waals surface area (Å²) in [5.74, 6) is 1.55. The summed E-state index contributed by atoms with van der Waals surface area (Å²) in [5, 5.41) is 6.61. The molecule has 2 aliphatic rings. The Labute approximate surface area is 111 Å². The van der Waals surface area contributed by atoms with Crippen LogP contribution in [0.25, 0.3) is 0 Å². The molecule has 0 aromatic heterocycles. The van der Waals surface area contributed by atoms with Crippen LogP contribution in [0.5, 0.6) is 0 Å². The highest BCUT2D eigenvalue weighted by Gasteiger charge is 2.28. The first-order valence-electron chi connectivity index (χ1n) is 7.69. The Kier molecular flexibility index (Phi) is 5.04. The Hall–Kier alpha value is -0.570.